The Labute approximate surface area is 221 Å². The molecule has 2 amide bonds. The normalized spacial score (nSPS) is 12.0. The van der Waals surface area contributed by atoms with E-state index in [0.717, 1.165) is 4.31 Å². The molecule has 0 radical (unpaired) electrons. The predicted molar refractivity (Wildman–Crippen MR) is 143 cm³/mol. The molecule has 7 nitrogen and oxygen atoms in total. The minimum absolute atomic E-state index is 0.0194. The first-order valence-electron chi connectivity index (χ1n) is 11.3. The summed E-state index contributed by atoms with van der Waals surface area (Å²) in [5, 5.41) is 3.46. The number of rotatable bonds is 10. The number of nitrogens with one attached hydrogen (secondary N) is 1. The molecule has 3 aromatic rings. The van der Waals surface area contributed by atoms with Gasteiger partial charge in [0.25, 0.3) is 10.0 Å². The average molecular weight is 548 g/mol. The number of hydrogen-bond acceptors (Lipinski definition) is 4. The van der Waals surface area contributed by atoms with E-state index in [2.05, 4.69) is 5.32 Å². The van der Waals surface area contributed by atoms with Crippen molar-refractivity contribution in [1.29, 1.82) is 0 Å². The summed E-state index contributed by atoms with van der Waals surface area (Å²) in [5.41, 5.74) is 0.854. The van der Waals surface area contributed by atoms with E-state index in [1.807, 2.05) is 0 Å². The zero-order valence-electron chi connectivity index (χ0n) is 19.9. The molecule has 0 saturated heterocycles. The maximum absolute atomic E-state index is 13.7. The molecule has 0 fully saturated rings. The zero-order chi connectivity index (χ0) is 26.3. The van der Waals surface area contributed by atoms with Gasteiger partial charge in [0.15, 0.2) is 0 Å². The maximum atomic E-state index is 13.7. The Hall–Kier alpha value is -3.07. The lowest BCUT2D eigenvalue weighted by atomic mass is 10.1. The van der Waals surface area contributed by atoms with E-state index in [1.54, 1.807) is 74.5 Å². The van der Waals surface area contributed by atoms with Crippen LogP contribution < -0.4 is 9.62 Å². The molecule has 10 heteroatoms. The minimum atomic E-state index is -4.14. The van der Waals surface area contributed by atoms with Gasteiger partial charge in [-0.05, 0) is 55.8 Å². The van der Waals surface area contributed by atoms with Crippen LogP contribution in [-0.2, 0) is 26.2 Å². The standard InChI is InChI=1S/C26H27Cl2N3O4S/c1-3-29-26(33)19(2)30(17-20-10-7-8-15-24(20)28)25(32)18-31(22-12-9-11-21(27)16-22)36(34,35)23-13-5-4-6-14-23/h4-16,19H,3,17-18H2,1-2H3,(H,29,33)/t19-/m0/s1. The fourth-order valence-electron chi connectivity index (χ4n) is 3.59. The number of amides is 2. The number of sulfonamides is 1. The monoisotopic (exact) mass is 547 g/mol. The number of halogens is 2. The maximum Gasteiger partial charge on any atom is 0.264 e. The van der Waals surface area contributed by atoms with Gasteiger partial charge < -0.3 is 10.2 Å². The van der Waals surface area contributed by atoms with Gasteiger partial charge in [-0.2, -0.15) is 0 Å². The first-order valence-corrected chi connectivity index (χ1v) is 13.5. The van der Waals surface area contributed by atoms with Crippen LogP contribution in [0, 0.1) is 0 Å². The van der Waals surface area contributed by atoms with Crippen molar-refractivity contribution in [3.8, 4) is 0 Å². The van der Waals surface area contributed by atoms with E-state index in [-0.39, 0.29) is 23.0 Å². The highest BCUT2D eigenvalue weighted by Crippen LogP contribution is 2.27. The first kappa shape index (κ1) is 27.5. The van der Waals surface area contributed by atoms with Crippen LogP contribution in [0.2, 0.25) is 10.0 Å². The molecule has 1 atom stereocenters. The molecule has 1 N–H and O–H groups in total. The first-order chi connectivity index (χ1) is 17.1. The Morgan fingerprint density at radius 2 is 1.61 bits per heavy atom. The second kappa shape index (κ2) is 12.3. The van der Waals surface area contributed by atoms with Crippen molar-refractivity contribution >= 4 is 50.7 Å². The Bertz CT molecular complexity index is 1320. The Balaban J connectivity index is 2.03. The van der Waals surface area contributed by atoms with Crippen molar-refractivity contribution in [2.45, 2.75) is 31.3 Å². The van der Waals surface area contributed by atoms with Gasteiger partial charge in [0.2, 0.25) is 11.8 Å². The lowest BCUT2D eigenvalue weighted by Crippen LogP contribution is -2.51. The van der Waals surface area contributed by atoms with E-state index in [9.17, 15) is 18.0 Å². The summed E-state index contributed by atoms with van der Waals surface area (Å²) in [6.45, 7) is 3.22. The van der Waals surface area contributed by atoms with Crippen molar-refractivity contribution < 1.29 is 18.0 Å². The fourth-order valence-corrected chi connectivity index (χ4v) is 5.40. The van der Waals surface area contributed by atoms with Crippen molar-refractivity contribution in [1.82, 2.24) is 10.2 Å². The fraction of sp³-hybridized carbons (Fsp3) is 0.231. The quantitative estimate of drug-likeness (QED) is 0.397. The van der Waals surface area contributed by atoms with Crippen LogP contribution in [0.4, 0.5) is 5.69 Å². The molecule has 36 heavy (non-hydrogen) atoms. The highest BCUT2D eigenvalue weighted by atomic mass is 35.5. The Kier molecular flexibility index (Phi) is 9.37. The molecule has 0 spiro atoms. The molecule has 0 aliphatic carbocycles. The number of likely N-dealkylation sites (N-methyl/N-ethyl adjacent to an activating group) is 1. The number of benzene rings is 3. The molecule has 190 valence electrons. The Morgan fingerprint density at radius 1 is 0.944 bits per heavy atom. The van der Waals surface area contributed by atoms with Gasteiger partial charge in [0.05, 0.1) is 10.6 Å². The lowest BCUT2D eigenvalue weighted by Gasteiger charge is -2.32. The van der Waals surface area contributed by atoms with Crippen LogP contribution in [0.15, 0.2) is 83.8 Å². The van der Waals surface area contributed by atoms with Crippen molar-refractivity contribution in [2.75, 3.05) is 17.4 Å². The molecule has 0 aliphatic rings. The molecule has 0 bridgehead atoms. The largest absolute Gasteiger partial charge is 0.355 e. The molecule has 0 unspecified atom stereocenters. The summed E-state index contributed by atoms with van der Waals surface area (Å²) in [7, 11) is -4.14. The molecule has 0 heterocycles. The lowest BCUT2D eigenvalue weighted by molar-refractivity contribution is -0.139. The zero-order valence-corrected chi connectivity index (χ0v) is 22.2. The van der Waals surface area contributed by atoms with Crippen LogP contribution in [0.5, 0.6) is 0 Å². The molecular formula is C26H27Cl2N3O4S. The van der Waals surface area contributed by atoms with Gasteiger partial charge in [-0.1, -0.05) is 65.7 Å². The van der Waals surface area contributed by atoms with Gasteiger partial charge in [-0.15, -0.1) is 0 Å². The van der Waals surface area contributed by atoms with E-state index in [4.69, 9.17) is 23.2 Å². The van der Waals surface area contributed by atoms with Gasteiger partial charge in [-0.25, -0.2) is 8.42 Å². The van der Waals surface area contributed by atoms with Crippen LogP contribution in [0.25, 0.3) is 0 Å². The molecule has 0 saturated carbocycles. The molecule has 0 aromatic heterocycles. The van der Waals surface area contributed by atoms with Crippen LogP contribution in [-0.4, -0.2) is 44.3 Å². The SMILES string of the molecule is CCNC(=O)[C@H](C)N(Cc1ccccc1Cl)C(=O)CN(c1cccc(Cl)c1)S(=O)(=O)c1ccccc1. The molecule has 3 rings (SSSR count). The van der Waals surface area contributed by atoms with Crippen LogP contribution in [0.3, 0.4) is 0 Å². The Morgan fingerprint density at radius 3 is 2.25 bits per heavy atom. The van der Waals surface area contributed by atoms with E-state index < -0.39 is 28.5 Å². The highest BCUT2D eigenvalue weighted by molar-refractivity contribution is 7.92. The smallest absolute Gasteiger partial charge is 0.264 e. The summed E-state index contributed by atoms with van der Waals surface area (Å²) in [6, 6.07) is 20.2. The second-order valence-electron chi connectivity index (χ2n) is 7.99. The van der Waals surface area contributed by atoms with Crippen molar-refractivity contribution in [2.24, 2.45) is 0 Å². The topological polar surface area (TPSA) is 86.8 Å². The van der Waals surface area contributed by atoms with E-state index in [1.165, 1.54) is 23.1 Å². The van der Waals surface area contributed by atoms with E-state index >= 15 is 0 Å². The van der Waals surface area contributed by atoms with E-state index in [0.29, 0.717) is 22.2 Å². The third kappa shape index (κ3) is 6.57. The van der Waals surface area contributed by atoms with Gasteiger partial charge in [0, 0.05) is 23.1 Å². The molecule has 0 aliphatic heterocycles. The van der Waals surface area contributed by atoms with Crippen molar-refractivity contribution in [3.05, 3.63) is 94.5 Å². The van der Waals surface area contributed by atoms with Crippen LogP contribution in [0.1, 0.15) is 19.4 Å². The summed E-state index contributed by atoms with van der Waals surface area (Å²) in [5.74, 6) is -0.939. The van der Waals surface area contributed by atoms with Gasteiger partial charge >= 0.3 is 0 Å². The minimum Gasteiger partial charge on any atom is -0.355 e. The summed E-state index contributed by atoms with van der Waals surface area (Å²) in [4.78, 5) is 27.8. The number of anilines is 1. The third-order valence-corrected chi connectivity index (χ3v) is 7.91. The van der Waals surface area contributed by atoms with Crippen LogP contribution >= 0.6 is 23.2 Å². The third-order valence-electron chi connectivity index (χ3n) is 5.52. The van der Waals surface area contributed by atoms with Gasteiger partial charge in [0.1, 0.15) is 12.6 Å². The molecule has 3 aromatic carbocycles. The number of carbonyl (C=O) groups is 2. The average Bonchev–Trinajstić information content (AvgIpc) is 2.86. The number of carbonyl (C=O) groups excluding carboxylic acids is 2. The van der Waals surface area contributed by atoms with Crippen molar-refractivity contribution in [3.63, 3.8) is 0 Å². The highest BCUT2D eigenvalue weighted by Gasteiger charge is 2.32. The summed E-state index contributed by atoms with van der Waals surface area (Å²) >= 11 is 12.5. The molecular weight excluding hydrogens is 521 g/mol. The number of nitrogens with zero attached hydrogens (tertiary/aromatic N) is 2. The van der Waals surface area contributed by atoms with Gasteiger partial charge in [-0.3, -0.25) is 13.9 Å². The second-order valence-corrected chi connectivity index (χ2v) is 10.7. The summed E-state index contributed by atoms with van der Waals surface area (Å²) in [6.07, 6.45) is 0. The predicted octanol–water partition coefficient (Wildman–Crippen LogP) is 4.74. The summed E-state index contributed by atoms with van der Waals surface area (Å²) < 4.78 is 28.3. The number of hydrogen-bond donors (Lipinski definition) is 1.